The molecule has 0 aromatic carbocycles. The van der Waals surface area contributed by atoms with Crippen LogP contribution in [-0.2, 0) is 28.6 Å². The number of rotatable bonds is 62. The van der Waals surface area contributed by atoms with E-state index in [1.54, 1.807) is 0 Å². The van der Waals surface area contributed by atoms with Crippen molar-refractivity contribution in [1.82, 2.24) is 0 Å². The van der Waals surface area contributed by atoms with E-state index in [0.29, 0.717) is 19.3 Å². The molecule has 6 heteroatoms. The van der Waals surface area contributed by atoms with Gasteiger partial charge in [0.2, 0.25) is 0 Å². The third kappa shape index (κ3) is 63.8. The molecule has 0 heterocycles. The molecule has 0 bridgehead atoms. The van der Waals surface area contributed by atoms with Crippen LogP contribution >= 0.6 is 0 Å². The summed E-state index contributed by atoms with van der Waals surface area (Å²) in [6, 6.07) is 0. The number of allylic oxidation sites excluding steroid dienone is 10. The van der Waals surface area contributed by atoms with E-state index in [1.807, 2.05) is 0 Å². The maximum Gasteiger partial charge on any atom is 0.306 e. The Kier molecular flexibility index (Phi) is 63.2. The molecule has 0 saturated heterocycles. The Bertz CT molecular complexity index is 1380. The Hall–Kier alpha value is -2.89. The van der Waals surface area contributed by atoms with Gasteiger partial charge in [0.05, 0.1) is 0 Å². The summed E-state index contributed by atoms with van der Waals surface area (Å²) < 4.78 is 16.9. The van der Waals surface area contributed by atoms with Crippen molar-refractivity contribution >= 4 is 17.9 Å². The Labute approximate surface area is 479 Å². The van der Waals surface area contributed by atoms with Crippen molar-refractivity contribution in [2.75, 3.05) is 13.2 Å². The average Bonchev–Trinajstić information content (AvgIpc) is 3.43. The predicted molar refractivity (Wildman–Crippen MR) is 335 cm³/mol. The highest BCUT2D eigenvalue weighted by Gasteiger charge is 2.19. The van der Waals surface area contributed by atoms with E-state index in [0.717, 1.165) is 83.5 Å². The van der Waals surface area contributed by atoms with Crippen molar-refractivity contribution in [2.24, 2.45) is 0 Å². The molecule has 0 aliphatic carbocycles. The van der Waals surface area contributed by atoms with E-state index in [9.17, 15) is 14.4 Å². The van der Waals surface area contributed by atoms with Gasteiger partial charge in [0, 0.05) is 19.3 Å². The number of ether oxygens (including phenoxy) is 3. The van der Waals surface area contributed by atoms with Crippen molar-refractivity contribution in [1.29, 1.82) is 0 Å². The number of hydrogen-bond donors (Lipinski definition) is 0. The van der Waals surface area contributed by atoms with Crippen LogP contribution in [0, 0.1) is 0 Å². The molecular weight excluding hydrogens is 949 g/mol. The zero-order chi connectivity index (χ0) is 55.7. The summed E-state index contributed by atoms with van der Waals surface area (Å²) in [6.07, 6.45) is 83.9. The predicted octanol–water partition coefficient (Wildman–Crippen LogP) is 23.1. The summed E-state index contributed by atoms with van der Waals surface area (Å²) >= 11 is 0. The molecule has 0 spiro atoms. The van der Waals surface area contributed by atoms with Crippen molar-refractivity contribution in [2.45, 2.75) is 361 Å². The lowest BCUT2D eigenvalue weighted by molar-refractivity contribution is -0.167. The number of carbonyl (C=O) groups is 3. The van der Waals surface area contributed by atoms with Crippen LogP contribution < -0.4 is 0 Å². The summed E-state index contributed by atoms with van der Waals surface area (Å²) in [5.41, 5.74) is 0. The van der Waals surface area contributed by atoms with Gasteiger partial charge < -0.3 is 14.2 Å². The van der Waals surface area contributed by atoms with Gasteiger partial charge in [-0.3, -0.25) is 14.4 Å². The highest BCUT2D eigenvalue weighted by molar-refractivity contribution is 5.71. The topological polar surface area (TPSA) is 78.9 Å². The Balaban J connectivity index is 4.27. The zero-order valence-corrected chi connectivity index (χ0v) is 51.5. The van der Waals surface area contributed by atoms with Crippen LogP contribution in [0.3, 0.4) is 0 Å². The standard InChI is InChI=1S/C71H128O6/c1-4-7-10-13-16-19-22-25-27-29-31-33-34-35-36-38-39-41-43-46-49-52-55-58-61-64-70(73)76-67-68(66-75-69(72)63-60-57-54-51-48-45-24-21-18-15-12-9-6-3)77-71(74)65-62-59-56-53-50-47-44-42-40-37-32-30-28-26-23-20-17-14-11-8-5-2/h9,12,18,21,29-32,45,48,68H,4-8,10-11,13-17,19-20,22-28,33-44,46-47,49-67H2,1-3H3/b12-9-,21-18-,31-29-,32-30-,48-45-. The summed E-state index contributed by atoms with van der Waals surface area (Å²) in [7, 11) is 0. The Morgan fingerprint density at radius 1 is 0.273 bits per heavy atom. The molecule has 1 atom stereocenters. The molecule has 1 unspecified atom stereocenters. The molecule has 6 nitrogen and oxygen atoms in total. The fourth-order valence-corrected chi connectivity index (χ4v) is 9.92. The second-order valence-electron chi connectivity index (χ2n) is 22.7. The highest BCUT2D eigenvalue weighted by Crippen LogP contribution is 2.17. The van der Waals surface area contributed by atoms with Gasteiger partial charge in [0.1, 0.15) is 13.2 Å². The molecule has 448 valence electrons. The molecule has 0 N–H and O–H groups in total. The fraction of sp³-hybridized carbons (Fsp3) is 0.817. The molecule has 77 heavy (non-hydrogen) atoms. The first-order chi connectivity index (χ1) is 38.0. The highest BCUT2D eigenvalue weighted by atomic mass is 16.6. The van der Waals surface area contributed by atoms with Gasteiger partial charge in [0.25, 0.3) is 0 Å². The van der Waals surface area contributed by atoms with Gasteiger partial charge in [-0.25, -0.2) is 0 Å². The van der Waals surface area contributed by atoms with Gasteiger partial charge in [-0.1, -0.05) is 293 Å². The van der Waals surface area contributed by atoms with Crippen molar-refractivity contribution in [3.05, 3.63) is 60.8 Å². The lowest BCUT2D eigenvalue weighted by Gasteiger charge is -2.18. The molecular formula is C71H128O6. The maximum absolute atomic E-state index is 12.9. The van der Waals surface area contributed by atoms with Gasteiger partial charge in [-0.05, 0) is 103 Å². The van der Waals surface area contributed by atoms with E-state index in [4.69, 9.17) is 14.2 Å². The third-order valence-corrected chi connectivity index (χ3v) is 15.0. The van der Waals surface area contributed by atoms with Crippen LogP contribution in [0.15, 0.2) is 60.8 Å². The molecule has 0 aliphatic rings. The van der Waals surface area contributed by atoms with E-state index in [-0.39, 0.29) is 31.1 Å². The SMILES string of the molecule is CC/C=C\C/C=C\C/C=C\CCCCCC(=O)OCC(COC(=O)CCCCCCCCCCCCCCC/C=C\CCCCCCCCCC)OC(=O)CCCCCCCCCCC/C=C\CCCCCCCCCC. The number of hydrogen-bond acceptors (Lipinski definition) is 6. The smallest absolute Gasteiger partial charge is 0.306 e. The van der Waals surface area contributed by atoms with E-state index < -0.39 is 6.10 Å². The van der Waals surface area contributed by atoms with Crippen molar-refractivity contribution in [3.63, 3.8) is 0 Å². The summed E-state index contributed by atoms with van der Waals surface area (Å²) in [5, 5.41) is 0. The first kappa shape index (κ1) is 74.1. The molecule has 0 amide bonds. The first-order valence-corrected chi connectivity index (χ1v) is 33.8. The second kappa shape index (κ2) is 65.6. The van der Waals surface area contributed by atoms with Gasteiger partial charge in [-0.15, -0.1) is 0 Å². The van der Waals surface area contributed by atoms with E-state index in [1.165, 1.54) is 231 Å². The van der Waals surface area contributed by atoms with Crippen molar-refractivity contribution < 1.29 is 28.6 Å². The summed E-state index contributed by atoms with van der Waals surface area (Å²) in [6.45, 7) is 6.55. The van der Waals surface area contributed by atoms with Crippen LogP contribution in [0.5, 0.6) is 0 Å². The monoisotopic (exact) mass is 1080 g/mol. The van der Waals surface area contributed by atoms with Crippen LogP contribution in [0.2, 0.25) is 0 Å². The number of esters is 3. The average molecular weight is 1080 g/mol. The normalized spacial score (nSPS) is 12.4. The maximum atomic E-state index is 12.9. The van der Waals surface area contributed by atoms with E-state index >= 15 is 0 Å². The first-order valence-electron chi connectivity index (χ1n) is 33.8. The third-order valence-electron chi connectivity index (χ3n) is 15.0. The summed E-state index contributed by atoms with van der Waals surface area (Å²) in [5.74, 6) is -0.896. The lowest BCUT2D eigenvalue weighted by Crippen LogP contribution is -2.30. The minimum Gasteiger partial charge on any atom is -0.462 e. The Morgan fingerprint density at radius 2 is 0.506 bits per heavy atom. The minimum absolute atomic E-state index is 0.0821. The molecule has 0 aliphatic heterocycles. The zero-order valence-electron chi connectivity index (χ0n) is 51.5. The molecule has 0 radical (unpaired) electrons. The fourth-order valence-electron chi connectivity index (χ4n) is 9.92. The van der Waals surface area contributed by atoms with Crippen LogP contribution in [-0.4, -0.2) is 37.2 Å². The van der Waals surface area contributed by atoms with Gasteiger partial charge in [0.15, 0.2) is 6.10 Å². The Morgan fingerprint density at radius 3 is 0.818 bits per heavy atom. The van der Waals surface area contributed by atoms with E-state index in [2.05, 4.69) is 81.5 Å². The lowest BCUT2D eigenvalue weighted by atomic mass is 10.0. The summed E-state index contributed by atoms with van der Waals surface area (Å²) in [4.78, 5) is 38.3. The minimum atomic E-state index is -0.788. The van der Waals surface area contributed by atoms with Gasteiger partial charge in [-0.2, -0.15) is 0 Å². The van der Waals surface area contributed by atoms with Crippen LogP contribution in [0.4, 0.5) is 0 Å². The molecule has 0 fully saturated rings. The molecule has 0 aromatic rings. The van der Waals surface area contributed by atoms with Crippen LogP contribution in [0.25, 0.3) is 0 Å². The second-order valence-corrected chi connectivity index (χ2v) is 22.7. The number of carbonyl (C=O) groups excluding carboxylic acids is 3. The molecule has 0 aromatic heterocycles. The quantitative estimate of drug-likeness (QED) is 0.0261. The number of unbranched alkanes of at least 4 members (excludes halogenated alkanes) is 41. The largest absolute Gasteiger partial charge is 0.462 e. The van der Waals surface area contributed by atoms with Crippen molar-refractivity contribution in [3.8, 4) is 0 Å². The van der Waals surface area contributed by atoms with Crippen LogP contribution in [0.1, 0.15) is 355 Å². The molecule has 0 rings (SSSR count). The molecule has 0 saturated carbocycles. The van der Waals surface area contributed by atoms with Gasteiger partial charge >= 0.3 is 17.9 Å².